The molecule has 0 saturated carbocycles. The minimum Gasteiger partial charge on any atom is -0.491 e. The molecule has 0 rings (SSSR count). The Labute approximate surface area is 78.5 Å². The molecule has 0 aromatic rings. The molecule has 0 aromatic heterocycles. The third-order valence-corrected chi connectivity index (χ3v) is 1.29. The summed E-state index contributed by atoms with van der Waals surface area (Å²) < 4.78 is 14.6. The maximum absolute atomic E-state index is 11.1. The molecule has 0 aromatic carbocycles. The molecule has 4 heteroatoms. The van der Waals surface area contributed by atoms with E-state index < -0.39 is 0 Å². The Morgan fingerprint density at radius 2 is 2.08 bits per heavy atom. The second kappa shape index (κ2) is 7.76. The summed E-state index contributed by atoms with van der Waals surface area (Å²) in [5.74, 6) is -0.0714. The predicted molar refractivity (Wildman–Crippen MR) is 48.5 cm³/mol. The Bertz CT molecular complexity index is 165. The first-order valence-corrected chi connectivity index (χ1v) is 4.14. The predicted octanol–water partition coefficient (Wildman–Crippen LogP) is 0.769. The molecule has 0 saturated heterocycles. The third kappa shape index (κ3) is 6.31. The van der Waals surface area contributed by atoms with Crippen LogP contribution in [0.1, 0.15) is 6.92 Å². The Kier molecular flexibility index (Phi) is 7.24. The highest BCUT2D eigenvalue weighted by molar-refractivity contribution is 5.93. The van der Waals surface area contributed by atoms with E-state index in [0.29, 0.717) is 19.8 Å². The summed E-state index contributed by atoms with van der Waals surface area (Å²) in [5.41, 5.74) is 0. The highest BCUT2D eigenvalue weighted by Crippen LogP contribution is 1.95. The average Bonchev–Trinajstić information content (AvgIpc) is 2.12. The third-order valence-electron chi connectivity index (χ3n) is 1.29. The van der Waals surface area contributed by atoms with Gasteiger partial charge in [0.15, 0.2) is 5.76 Å². The van der Waals surface area contributed by atoms with Crippen LogP contribution in [0.4, 0.5) is 0 Å². The molecule has 0 fully saturated rings. The van der Waals surface area contributed by atoms with Gasteiger partial charge in [0.1, 0.15) is 6.61 Å². The van der Waals surface area contributed by atoms with Crippen LogP contribution in [-0.2, 0) is 19.0 Å². The van der Waals surface area contributed by atoms with Crippen molar-refractivity contribution in [2.45, 2.75) is 6.92 Å². The maximum atomic E-state index is 11.1. The molecule has 0 aliphatic carbocycles. The topological polar surface area (TPSA) is 44.8 Å². The summed E-state index contributed by atoms with van der Waals surface area (Å²) >= 11 is 0. The minimum atomic E-state index is -0.224. The van der Waals surface area contributed by atoms with Crippen LogP contribution in [0.2, 0.25) is 0 Å². The SMILES string of the molecule is C=C(OCC)C(=O)COCCOC. The van der Waals surface area contributed by atoms with Crippen molar-refractivity contribution < 1.29 is 19.0 Å². The summed E-state index contributed by atoms with van der Waals surface area (Å²) in [6, 6.07) is 0. The highest BCUT2D eigenvalue weighted by atomic mass is 16.5. The van der Waals surface area contributed by atoms with Gasteiger partial charge in [0.25, 0.3) is 0 Å². The molecule has 0 aliphatic heterocycles. The van der Waals surface area contributed by atoms with E-state index in [4.69, 9.17) is 14.2 Å². The smallest absolute Gasteiger partial charge is 0.222 e. The summed E-state index contributed by atoms with van der Waals surface area (Å²) in [7, 11) is 1.57. The fourth-order valence-electron chi connectivity index (χ4n) is 0.642. The average molecular weight is 188 g/mol. The molecule has 0 unspecified atom stereocenters. The quantitative estimate of drug-likeness (QED) is 0.320. The van der Waals surface area contributed by atoms with E-state index in [1.807, 2.05) is 0 Å². The number of hydrogen-bond donors (Lipinski definition) is 0. The second-order valence-electron chi connectivity index (χ2n) is 2.32. The molecular formula is C9H16O4. The van der Waals surface area contributed by atoms with Gasteiger partial charge in [-0.1, -0.05) is 6.58 Å². The largest absolute Gasteiger partial charge is 0.491 e. The lowest BCUT2D eigenvalue weighted by Gasteiger charge is -2.05. The van der Waals surface area contributed by atoms with Crippen molar-refractivity contribution >= 4 is 5.78 Å². The van der Waals surface area contributed by atoms with Crippen molar-refractivity contribution in [3.8, 4) is 0 Å². The van der Waals surface area contributed by atoms with Crippen LogP contribution in [0.5, 0.6) is 0 Å². The Balaban J connectivity index is 3.44. The Morgan fingerprint density at radius 1 is 1.38 bits per heavy atom. The van der Waals surface area contributed by atoms with Gasteiger partial charge in [0.05, 0.1) is 19.8 Å². The van der Waals surface area contributed by atoms with Crippen molar-refractivity contribution in [1.29, 1.82) is 0 Å². The molecular weight excluding hydrogens is 172 g/mol. The van der Waals surface area contributed by atoms with Gasteiger partial charge in [-0.25, -0.2) is 0 Å². The number of carbonyl (C=O) groups excluding carboxylic acids is 1. The number of hydrogen-bond acceptors (Lipinski definition) is 4. The van der Waals surface area contributed by atoms with Crippen molar-refractivity contribution in [2.24, 2.45) is 0 Å². The van der Waals surface area contributed by atoms with Gasteiger partial charge in [0.2, 0.25) is 5.78 Å². The first-order valence-electron chi connectivity index (χ1n) is 4.14. The molecule has 0 heterocycles. The number of rotatable bonds is 8. The normalized spacial score (nSPS) is 9.69. The Hall–Kier alpha value is -0.870. The molecule has 0 spiro atoms. The molecule has 4 nitrogen and oxygen atoms in total. The maximum Gasteiger partial charge on any atom is 0.222 e. The molecule has 0 radical (unpaired) electrons. The van der Waals surface area contributed by atoms with Crippen molar-refractivity contribution in [3.63, 3.8) is 0 Å². The summed E-state index contributed by atoms with van der Waals surface area (Å²) in [5, 5.41) is 0. The molecule has 0 amide bonds. The zero-order chi connectivity index (χ0) is 10.1. The summed E-state index contributed by atoms with van der Waals surface area (Å²) in [6.45, 7) is 6.59. The second-order valence-corrected chi connectivity index (χ2v) is 2.32. The Morgan fingerprint density at radius 3 is 2.62 bits per heavy atom. The van der Waals surface area contributed by atoms with Gasteiger partial charge in [-0.05, 0) is 6.92 Å². The van der Waals surface area contributed by atoms with Gasteiger partial charge in [-0.15, -0.1) is 0 Å². The van der Waals surface area contributed by atoms with E-state index in [1.54, 1.807) is 14.0 Å². The van der Waals surface area contributed by atoms with Crippen molar-refractivity contribution in [1.82, 2.24) is 0 Å². The van der Waals surface area contributed by atoms with Gasteiger partial charge >= 0.3 is 0 Å². The van der Waals surface area contributed by atoms with Gasteiger partial charge < -0.3 is 14.2 Å². The van der Waals surface area contributed by atoms with E-state index in [2.05, 4.69) is 6.58 Å². The van der Waals surface area contributed by atoms with E-state index in [0.717, 1.165) is 0 Å². The number of carbonyl (C=O) groups is 1. The first kappa shape index (κ1) is 12.1. The molecule has 0 atom stereocenters. The van der Waals surface area contributed by atoms with Crippen LogP contribution < -0.4 is 0 Å². The van der Waals surface area contributed by atoms with Gasteiger partial charge in [0, 0.05) is 7.11 Å². The molecule has 0 aliphatic rings. The highest BCUT2D eigenvalue weighted by Gasteiger charge is 2.07. The minimum absolute atomic E-state index is 0.00218. The van der Waals surface area contributed by atoms with E-state index in [-0.39, 0.29) is 18.1 Å². The van der Waals surface area contributed by atoms with Gasteiger partial charge in [-0.2, -0.15) is 0 Å². The summed E-state index contributed by atoms with van der Waals surface area (Å²) in [4.78, 5) is 11.1. The number of ether oxygens (including phenoxy) is 3. The lowest BCUT2D eigenvalue weighted by atomic mass is 10.4. The number of methoxy groups -OCH3 is 1. The number of Topliss-reactive ketones (excluding diaryl/α,β-unsaturated/α-hetero) is 1. The van der Waals surface area contributed by atoms with Crippen LogP contribution in [0.15, 0.2) is 12.3 Å². The van der Waals surface area contributed by atoms with E-state index in [1.165, 1.54) is 0 Å². The molecule has 76 valence electrons. The molecule has 13 heavy (non-hydrogen) atoms. The van der Waals surface area contributed by atoms with Crippen molar-refractivity contribution in [3.05, 3.63) is 12.3 Å². The molecule has 0 N–H and O–H groups in total. The first-order chi connectivity index (χ1) is 6.22. The fraction of sp³-hybridized carbons (Fsp3) is 0.667. The lowest BCUT2D eigenvalue weighted by Crippen LogP contribution is -2.14. The zero-order valence-corrected chi connectivity index (χ0v) is 8.17. The van der Waals surface area contributed by atoms with E-state index >= 15 is 0 Å². The standard InChI is InChI=1S/C9H16O4/c1-4-13-8(2)9(10)7-12-6-5-11-3/h2,4-7H2,1,3H3. The van der Waals surface area contributed by atoms with E-state index in [9.17, 15) is 4.79 Å². The van der Waals surface area contributed by atoms with Gasteiger partial charge in [-0.3, -0.25) is 4.79 Å². The van der Waals surface area contributed by atoms with Crippen molar-refractivity contribution in [2.75, 3.05) is 33.5 Å². The summed E-state index contributed by atoms with van der Waals surface area (Å²) in [6.07, 6.45) is 0. The van der Waals surface area contributed by atoms with Crippen LogP contribution in [0.3, 0.4) is 0 Å². The lowest BCUT2D eigenvalue weighted by molar-refractivity contribution is -0.123. The fourth-order valence-corrected chi connectivity index (χ4v) is 0.642. The van der Waals surface area contributed by atoms with Crippen LogP contribution in [0, 0.1) is 0 Å². The zero-order valence-electron chi connectivity index (χ0n) is 8.17. The van der Waals surface area contributed by atoms with Crippen LogP contribution >= 0.6 is 0 Å². The monoisotopic (exact) mass is 188 g/mol. The van der Waals surface area contributed by atoms with Crippen LogP contribution in [0.25, 0.3) is 0 Å². The molecule has 0 bridgehead atoms. The van der Waals surface area contributed by atoms with Crippen LogP contribution in [-0.4, -0.2) is 39.3 Å². The number of ketones is 1.